The van der Waals surface area contributed by atoms with Crippen molar-refractivity contribution in [2.45, 2.75) is 12.2 Å². The van der Waals surface area contributed by atoms with Gasteiger partial charge in [-0.15, -0.1) is 0 Å². The molecule has 0 aromatic carbocycles. The van der Waals surface area contributed by atoms with Crippen molar-refractivity contribution in [2.24, 2.45) is 5.21 Å². The van der Waals surface area contributed by atoms with E-state index in [-0.39, 0.29) is 0 Å². The summed E-state index contributed by atoms with van der Waals surface area (Å²) in [5.74, 6) is 0. The van der Waals surface area contributed by atoms with Crippen LogP contribution in [0.3, 0.4) is 0 Å². The quantitative estimate of drug-likeness (QED) is 0.318. The van der Waals surface area contributed by atoms with E-state index in [4.69, 9.17) is 0 Å². The van der Waals surface area contributed by atoms with Crippen molar-refractivity contribution in [3.63, 3.8) is 0 Å². The molecule has 0 aliphatic heterocycles. The summed E-state index contributed by atoms with van der Waals surface area (Å²) < 4.78 is 69.4. The third-order valence-electron chi connectivity index (χ3n) is 0.850. The second-order valence-electron chi connectivity index (χ2n) is 1.71. The molecule has 0 N–H and O–H groups in total. The molecular formula is C3Cl2F6N2. The van der Waals surface area contributed by atoms with Crippen molar-refractivity contribution in [2.75, 3.05) is 0 Å². The maximum atomic E-state index is 12.3. The molecule has 0 atom stereocenters. The van der Waals surface area contributed by atoms with E-state index in [2.05, 4.69) is 23.6 Å². The number of rotatable bonds is 2. The molecule has 0 aliphatic rings. The number of hydrogen-bond donors (Lipinski definition) is 0. The zero-order valence-corrected chi connectivity index (χ0v) is 6.93. The lowest BCUT2D eigenvalue weighted by molar-refractivity contribution is -0.0944. The highest BCUT2D eigenvalue weighted by Gasteiger charge is 2.56. The Bertz CT molecular complexity index is 210. The van der Waals surface area contributed by atoms with Crippen molar-refractivity contribution < 1.29 is 26.4 Å². The van der Waals surface area contributed by atoms with Crippen LogP contribution in [0.25, 0.3) is 0 Å². The lowest BCUT2D eigenvalue weighted by Gasteiger charge is -2.20. The molecule has 0 saturated carbocycles. The molecule has 0 aliphatic carbocycles. The number of nitrogens with zero attached hydrogens (tertiary/aromatic N) is 2. The average molecular weight is 249 g/mol. The van der Waals surface area contributed by atoms with Gasteiger partial charge in [-0.25, -0.2) is 0 Å². The third kappa shape index (κ3) is 2.89. The summed E-state index contributed by atoms with van der Waals surface area (Å²) >= 11 is 8.70. The monoisotopic (exact) mass is 248 g/mol. The SMILES string of the molecule is F/N=C(\C(F)(F)F)C(F)(F)N(Cl)Cl. The zero-order valence-electron chi connectivity index (χ0n) is 5.42. The molecule has 13 heavy (non-hydrogen) atoms. The van der Waals surface area contributed by atoms with Gasteiger partial charge in [0, 0.05) is 23.6 Å². The van der Waals surface area contributed by atoms with E-state index in [9.17, 15) is 26.4 Å². The molecule has 0 spiro atoms. The van der Waals surface area contributed by atoms with Crippen LogP contribution in [-0.2, 0) is 0 Å². The van der Waals surface area contributed by atoms with Crippen molar-refractivity contribution in [1.82, 2.24) is 3.94 Å². The van der Waals surface area contributed by atoms with E-state index in [0.29, 0.717) is 0 Å². The predicted molar refractivity (Wildman–Crippen MR) is 33.1 cm³/mol. The molecular weight excluding hydrogens is 249 g/mol. The fraction of sp³-hybridized carbons (Fsp3) is 0.667. The molecule has 0 rings (SSSR count). The second-order valence-corrected chi connectivity index (χ2v) is 2.55. The van der Waals surface area contributed by atoms with E-state index in [1.54, 1.807) is 0 Å². The van der Waals surface area contributed by atoms with E-state index >= 15 is 0 Å². The van der Waals surface area contributed by atoms with E-state index < -0.39 is 21.9 Å². The Morgan fingerprint density at radius 2 is 1.46 bits per heavy atom. The van der Waals surface area contributed by atoms with Crippen LogP contribution >= 0.6 is 23.6 Å². The first kappa shape index (κ1) is 12.8. The van der Waals surface area contributed by atoms with Crippen LogP contribution in [0.2, 0.25) is 0 Å². The topological polar surface area (TPSA) is 15.6 Å². The van der Waals surface area contributed by atoms with Crippen molar-refractivity contribution >= 4 is 29.3 Å². The molecule has 0 aromatic heterocycles. The van der Waals surface area contributed by atoms with Gasteiger partial charge in [-0.05, 0) is 0 Å². The molecule has 0 fully saturated rings. The minimum absolute atomic E-state index is 0.883. The van der Waals surface area contributed by atoms with Crippen LogP contribution in [0.4, 0.5) is 26.4 Å². The van der Waals surface area contributed by atoms with E-state index in [1.165, 1.54) is 0 Å². The van der Waals surface area contributed by atoms with Gasteiger partial charge in [-0.1, -0.05) is 13.6 Å². The molecule has 0 aromatic rings. The maximum absolute atomic E-state index is 12.3. The van der Waals surface area contributed by atoms with Crippen LogP contribution in [0.5, 0.6) is 0 Å². The van der Waals surface area contributed by atoms with E-state index in [1.807, 2.05) is 0 Å². The van der Waals surface area contributed by atoms with Gasteiger partial charge in [0.25, 0.3) is 0 Å². The first-order valence-corrected chi connectivity index (χ1v) is 3.08. The van der Waals surface area contributed by atoms with Gasteiger partial charge in [0.15, 0.2) is 0 Å². The van der Waals surface area contributed by atoms with Gasteiger partial charge in [0.05, 0.1) is 0 Å². The van der Waals surface area contributed by atoms with Crippen molar-refractivity contribution in [3.8, 4) is 0 Å². The lowest BCUT2D eigenvalue weighted by Crippen LogP contribution is -2.45. The molecule has 0 radical (unpaired) electrons. The summed E-state index contributed by atoms with van der Waals surface area (Å²) in [7, 11) is 0. The molecule has 0 heterocycles. The fourth-order valence-electron chi connectivity index (χ4n) is 0.349. The Labute approximate surface area is 77.9 Å². The Hall–Kier alpha value is -0.210. The van der Waals surface area contributed by atoms with Gasteiger partial charge in [-0.3, -0.25) is 0 Å². The summed E-state index contributed by atoms with van der Waals surface area (Å²) in [6.07, 6.45) is -5.65. The van der Waals surface area contributed by atoms with Gasteiger partial charge in [-0.2, -0.15) is 22.0 Å². The average Bonchev–Trinajstić information content (AvgIpc) is 1.83. The number of halogens is 8. The number of alkyl halides is 5. The highest BCUT2D eigenvalue weighted by atomic mass is 35.5. The molecule has 78 valence electrons. The molecule has 0 unspecified atom stereocenters. The third-order valence-corrected chi connectivity index (χ3v) is 1.27. The summed E-state index contributed by atoms with van der Waals surface area (Å²) in [6.45, 7) is 0. The van der Waals surface area contributed by atoms with Gasteiger partial charge < -0.3 is 0 Å². The van der Waals surface area contributed by atoms with Crippen LogP contribution in [0.1, 0.15) is 0 Å². The molecule has 0 saturated heterocycles. The largest absolute Gasteiger partial charge is 0.439 e. The van der Waals surface area contributed by atoms with E-state index in [0.717, 1.165) is 5.21 Å². The summed E-state index contributed by atoms with van der Waals surface area (Å²) in [4.78, 5) is 0. The first-order valence-electron chi connectivity index (χ1n) is 2.40. The first-order chi connectivity index (χ1) is 5.64. The lowest BCUT2D eigenvalue weighted by atomic mass is 10.3. The standard InChI is InChI=1S/C3Cl2F6N2/c4-13(5)3(9,10)1(12-11)2(6,7)8/b12-1+. The minimum Gasteiger partial charge on any atom is -0.179 e. The van der Waals surface area contributed by atoms with Crippen molar-refractivity contribution in [1.29, 1.82) is 0 Å². The normalized spacial score (nSPS) is 15.3. The molecule has 0 bridgehead atoms. The smallest absolute Gasteiger partial charge is 0.179 e. The maximum Gasteiger partial charge on any atom is 0.439 e. The predicted octanol–water partition coefficient (Wildman–Crippen LogP) is 3.08. The van der Waals surface area contributed by atoms with Gasteiger partial charge in [0.1, 0.15) is 0 Å². The molecule has 2 nitrogen and oxygen atoms in total. The minimum atomic E-state index is -5.65. The molecule has 10 heteroatoms. The van der Waals surface area contributed by atoms with Crippen LogP contribution in [0, 0.1) is 0 Å². The van der Waals surface area contributed by atoms with Crippen LogP contribution < -0.4 is 0 Å². The Morgan fingerprint density at radius 1 is 1.08 bits per heavy atom. The van der Waals surface area contributed by atoms with Crippen molar-refractivity contribution in [3.05, 3.63) is 0 Å². The highest BCUT2D eigenvalue weighted by Crippen LogP contribution is 2.34. The Kier molecular flexibility index (Phi) is 3.82. The number of hydrogen-bond acceptors (Lipinski definition) is 2. The van der Waals surface area contributed by atoms with Gasteiger partial charge >= 0.3 is 12.2 Å². The van der Waals surface area contributed by atoms with Crippen LogP contribution in [0.15, 0.2) is 5.21 Å². The summed E-state index contributed by atoms with van der Waals surface area (Å²) in [5, 5.41) is 0.883. The van der Waals surface area contributed by atoms with Gasteiger partial charge in [0.2, 0.25) is 5.71 Å². The Balaban J connectivity index is 5.03. The summed E-state index contributed by atoms with van der Waals surface area (Å²) in [6, 6.07) is -4.93. The van der Waals surface area contributed by atoms with Crippen LogP contribution in [-0.4, -0.2) is 21.9 Å². The second kappa shape index (κ2) is 3.89. The summed E-state index contributed by atoms with van der Waals surface area (Å²) in [5.41, 5.74) is -3.02. The Morgan fingerprint density at radius 3 is 1.54 bits per heavy atom. The fourth-order valence-corrected chi connectivity index (χ4v) is 0.509. The highest BCUT2D eigenvalue weighted by molar-refractivity contribution is 6.35. The zero-order chi connectivity index (χ0) is 10.9. The molecule has 0 amide bonds.